The minimum atomic E-state index is -0.887. The van der Waals surface area contributed by atoms with Crippen LogP contribution in [-0.4, -0.2) is 17.0 Å². The minimum Gasteiger partial charge on any atom is -0.385 e. The van der Waals surface area contributed by atoms with Crippen molar-refractivity contribution in [2.45, 2.75) is 20.0 Å². The van der Waals surface area contributed by atoms with Crippen molar-refractivity contribution in [3.05, 3.63) is 35.9 Å². The summed E-state index contributed by atoms with van der Waals surface area (Å²) >= 11 is 0. The number of rotatable bonds is 3. The molecule has 0 aliphatic heterocycles. The zero-order valence-corrected chi connectivity index (χ0v) is 7.90. The lowest BCUT2D eigenvalue weighted by Gasteiger charge is -2.12. The quantitative estimate of drug-likeness (QED) is 0.717. The summed E-state index contributed by atoms with van der Waals surface area (Å²) in [5, 5.41) is 9.50. The van der Waals surface area contributed by atoms with Crippen LogP contribution >= 0.6 is 0 Å². The second kappa shape index (κ2) is 4.19. The van der Waals surface area contributed by atoms with Crippen molar-refractivity contribution < 1.29 is 9.90 Å². The molecule has 0 heterocycles. The Morgan fingerprint density at radius 3 is 2.23 bits per heavy atom. The molecule has 13 heavy (non-hydrogen) atoms. The lowest BCUT2D eigenvalue weighted by molar-refractivity contribution is 0.0648. The molecule has 70 valence electrons. The van der Waals surface area contributed by atoms with E-state index in [0.717, 1.165) is 0 Å². The standard InChI is InChI=1S/C11H14O2/c1-8(2)10(12)11(13)9-6-4-3-5-7-9/h3-8,10,12H,1-2H3/t10-/m0/s1. The Kier molecular flexibility index (Phi) is 3.20. The third-order valence-corrected chi connectivity index (χ3v) is 1.96. The van der Waals surface area contributed by atoms with Crippen molar-refractivity contribution in [2.24, 2.45) is 5.92 Å². The minimum absolute atomic E-state index is 0.0345. The molecule has 0 spiro atoms. The highest BCUT2D eigenvalue weighted by molar-refractivity contribution is 5.99. The molecule has 2 heteroatoms. The van der Waals surface area contributed by atoms with Crippen LogP contribution in [0.2, 0.25) is 0 Å². The smallest absolute Gasteiger partial charge is 0.191 e. The summed E-state index contributed by atoms with van der Waals surface area (Å²) in [6.45, 7) is 3.65. The Balaban J connectivity index is 2.80. The van der Waals surface area contributed by atoms with Gasteiger partial charge in [0.05, 0.1) is 0 Å². The maximum Gasteiger partial charge on any atom is 0.191 e. The van der Waals surface area contributed by atoms with Gasteiger partial charge in [-0.1, -0.05) is 44.2 Å². The second-order valence-electron chi connectivity index (χ2n) is 3.42. The van der Waals surface area contributed by atoms with Gasteiger partial charge in [-0.3, -0.25) is 4.79 Å². The average molecular weight is 178 g/mol. The molecule has 1 rings (SSSR count). The molecule has 1 atom stereocenters. The first kappa shape index (κ1) is 9.93. The van der Waals surface area contributed by atoms with Gasteiger partial charge < -0.3 is 5.11 Å². The number of Topliss-reactive ketones (excluding diaryl/α,β-unsaturated/α-hetero) is 1. The molecule has 0 aliphatic carbocycles. The number of carbonyl (C=O) groups is 1. The van der Waals surface area contributed by atoms with E-state index < -0.39 is 6.10 Å². The molecular formula is C11H14O2. The fourth-order valence-electron chi connectivity index (χ4n) is 1.08. The molecule has 0 bridgehead atoms. The van der Waals surface area contributed by atoms with E-state index in [0.29, 0.717) is 5.56 Å². The summed E-state index contributed by atoms with van der Waals surface area (Å²) in [6.07, 6.45) is -0.887. The van der Waals surface area contributed by atoms with Gasteiger partial charge in [-0.25, -0.2) is 0 Å². The van der Waals surface area contributed by atoms with E-state index in [-0.39, 0.29) is 11.7 Å². The average Bonchev–Trinajstić information content (AvgIpc) is 2.17. The molecule has 0 amide bonds. The Labute approximate surface area is 78.2 Å². The van der Waals surface area contributed by atoms with Gasteiger partial charge in [-0.05, 0) is 5.92 Å². The Morgan fingerprint density at radius 1 is 1.23 bits per heavy atom. The van der Waals surface area contributed by atoms with Crippen LogP contribution in [0.1, 0.15) is 24.2 Å². The van der Waals surface area contributed by atoms with Crippen LogP contribution in [0.3, 0.4) is 0 Å². The summed E-state index contributed by atoms with van der Waals surface area (Å²) in [5.74, 6) is -0.233. The lowest BCUT2D eigenvalue weighted by Crippen LogP contribution is -2.25. The Hall–Kier alpha value is -1.15. The predicted molar refractivity (Wildman–Crippen MR) is 51.6 cm³/mol. The van der Waals surface area contributed by atoms with Crippen LogP contribution in [0, 0.1) is 5.92 Å². The highest BCUT2D eigenvalue weighted by atomic mass is 16.3. The van der Waals surface area contributed by atoms with E-state index >= 15 is 0 Å². The number of hydrogen-bond acceptors (Lipinski definition) is 2. The number of ketones is 1. The van der Waals surface area contributed by atoms with Gasteiger partial charge in [0.1, 0.15) is 6.10 Å². The molecule has 0 fully saturated rings. The van der Waals surface area contributed by atoms with Crippen molar-refractivity contribution in [2.75, 3.05) is 0 Å². The highest BCUT2D eigenvalue weighted by Crippen LogP contribution is 2.09. The molecule has 0 saturated carbocycles. The number of hydrogen-bond donors (Lipinski definition) is 1. The van der Waals surface area contributed by atoms with E-state index in [1.165, 1.54) is 0 Å². The van der Waals surface area contributed by atoms with Crippen LogP contribution < -0.4 is 0 Å². The Bertz CT molecular complexity index is 277. The van der Waals surface area contributed by atoms with Crippen molar-refractivity contribution in [3.63, 3.8) is 0 Å². The number of aliphatic hydroxyl groups excluding tert-OH is 1. The highest BCUT2D eigenvalue weighted by Gasteiger charge is 2.19. The molecule has 0 saturated heterocycles. The molecule has 0 aromatic heterocycles. The number of aliphatic hydroxyl groups is 1. The first-order valence-electron chi connectivity index (χ1n) is 4.40. The van der Waals surface area contributed by atoms with Crippen molar-refractivity contribution >= 4 is 5.78 Å². The summed E-state index contributed by atoms with van der Waals surface area (Å²) < 4.78 is 0. The maximum absolute atomic E-state index is 11.5. The molecule has 1 N–H and O–H groups in total. The number of benzene rings is 1. The maximum atomic E-state index is 11.5. The van der Waals surface area contributed by atoms with Gasteiger partial charge in [0, 0.05) is 5.56 Å². The SMILES string of the molecule is CC(C)[C@H](O)C(=O)c1ccccc1. The van der Waals surface area contributed by atoms with Crippen molar-refractivity contribution in [1.82, 2.24) is 0 Å². The third-order valence-electron chi connectivity index (χ3n) is 1.96. The van der Waals surface area contributed by atoms with Crippen LogP contribution in [0.15, 0.2) is 30.3 Å². The predicted octanol–water partition coefficient (Wildman–Crippen LogP) is 1.89. The van der Waals surface area contributed by atoms with Gasteiger partial charge >= 0.3 is 0 Å². The van der Waals surface area contributed by atoms with E-state index in [1.807, 2.05) is 19.9 Å². The van der Waals surface area contributed by atoms with Gasteiger partial charge in [-0.2, -0.15) is 0 Å². The molecule has 0 aliphatic rings. The summed E-state index contributed by atoms with van der Waals surface area (Å²) in [4.78, 5) is 11.5. The first-order valence-corrected chi connectivity index (χ1v) is 4.40. The molecule has 0 unspecified atom stereocenters. The van der Waals surface area contributed by atoms with Crippen molar-refractivity contribution in [1.29, 1.82) is 0 Å². The topological polar surface area (TPSA) is 37.3 Å². The third kappa shape index (κ3) is 2.39. The monoisotopic (exact) mass is 178 g/mol. The van der Waals surface area contributed by atoms with Gasteiger partial charge in [0.25, 0.3) is 0 Å². The van der Waals surface area contributed by atoms with Crippen LogP contribution in [0.5, 0.6) is 0 Å². The summed E-state index contributed by atoms with van der Waals surface area (Å²) in [6, 6.07) is 8.86. The molecule has 1 aromatic carbocycles. The van der Waals surface area contributed by atoms with E-state index in [2.05, 4.69) is 0 Å². The van der Waals surface area contributed by atoms with Gasteiger partial charge in [0.2, 0.25) is 0 Å². The van der Waals surface area contributed by atoms with Crippen molar-refractivity contribution in [3.8, 4) is 0 Å². The number of carbonyl (C=O) groups excluding carboxylic acids is 1. The van der Waals surface area contributed by atoms with E-state index in [9.17, 15) is 9.90 Å². The largest absolute Gasteiger partial charge is 0.385 e. The molecular weight excluding hydrogens is 164 g/mol. The van der Waals surface area contributed by atoms with Gasteiger partial charge in [0.15, 0.2) is 5.78 Å². The zero-order chi connectivity index (χ0) is 9.84. The zero-order valence-electron chi connectivity index (χ0n) is 7.90. The molecule has 1 aromatic rings. The van der Waals surface area contributed by atoms with Gasteiger partial charge in [-0.15, -0.1) is 0 Å². The first-order chi connectivity index (χ1) is 6.13. The lowest BCUT2D eigenvalue weighted by atomic mass is 9.98. The Morgan fingerprint density at radius 2 is 1.77 bits per heavy atom. The van der Waals surface area contributed by atoms with Crippen LogP contribution in [-0.2, 0) is 0 Å². The van der Waals surface area contributed by atoms with Crippen LogP contribution in [0.4, 0.5) is 0 Å². The normalized spacial score (nSPS) is 12.9. The fraction of sp³-hybridized carbons (Fsp3) is 0.364. The second-order valence-corrected chi connectivity index (χ2v) is 3.42. The van der Waals surface area contributed by atoms with E-state index in [1.54, 1.807) is 24.3 Å². The fourth-order valence-corrected chi connectivity index (χ4v) is 1.08. The van der Waals surface area contributed by atoms with Crippen LogP contribution in [0.25, 0.3) is 0 Å². The summed E-state index contributed by atoms with van der Waals surface area (Å²) in [5.41, 5.74) is 0.573. The molecule has 2 nitrogen and oxygen atoms in total. The van der Waals surface area contributed by atoms with E-state index in [4.69, 9.17) is 0 Å². The summed E-state index contributed by atoms with van der Waals surface area (Å²) in [7, 11) is 0. The molecule has 0 radical (unpaired) electrons.